The van der Waals surface area contributed by atoms with Gasteiger partial charge in [0.25, 0.3) is 0 Å². The van der Waals surface area contributed by atoms with E-state index in [0.717, 1.165) is 37.7 Å². The van der Waals surface area contributed by atoms with Crippen molar-refractivity contribution in [2.45, 2.75) is 118 Å². The zero-order chi connectivity index (χ0) is 29.0. The van der Waals surface area contributed by atoms with Gasteiger partial charge in [-0.25, -0.2) is 0 Å². The van der Waals surface area contributed by atoms with Crippen LogP contribution in [0.2, 0.25) is 0 Å². The van der Waals surface area contributed by atoms with Crippen molar-refractivity contribution in [2.24, 2.45) is 50.7 Å². The van der Waals surface area contributed by atoms with E-state index in [1.807, 2.05) is 13.8 Å². The molecule has 0 aromatic rings. The van der Waals surface area contributed by atoms with Gasteiger partial charge >= 0.3 is 11.9 Å². The van der Waals surface area contributed by atoms with Crippen LogP contribution in [0.1, 0.15) is 99.8 Å². The monoisotopic (exact) mass is 546 g/mol. The first-order chi connectivity index (χ1) is 17.9. The molecule has 0 radical (unpaired) electrons. The van der Waals surface area contributed by atoms with Crippen LogP contribution in [0.3, 0.4) is 0 Å². The number of aliphatic hydroxyl groups is 3. The van der Waals surface area contributed by atoms with E-state index < -0.39 is 45.8 Å². The molecule has 0 aromatic heterocycles. The van der Waals surface area contributed by atoms with Crippen LogP contribution in [-0.2, 0) is 14.3 Å². The van der Waals surface area contributed by atoms with Crippen molar-refractivity contribution in [1.29, 1.82) is 0 Å². The highest BCUT2D eigenvalue weighted by molar-refractivity contribution is 5.77. The third-order valence-corrected chi connectivity index (χ3v) is 13.4. The first-order valence-electron chi connectivity index (χ1n) is 15.1. The molecule has 220 valence electrons. The van der Waals surface area contributed by atoms with Crippen molar-refractivity contribution in [3.63, 3.8) is 0 Å². The van der Waals surface area contributed by atoms with Gasteiger partial charge in [0.2, 0.25) is 0 Å². The number of carboxylic acid groups (broad SMARTS) is 1. The van der Waals surface area contributed by atoms with Crippen molar-refractivity contribution < 1.29 is 34.8 Å². The quantitative estimate of drug-likeness (QED) is 0.298. The number of allylic oxidation sites excluding steroid dienone is 1. The molecule has 0 heterocycles. The summed E-state index contributed by atoms with van der Waals surface area (Å²) in [6, 6.07) is 0. The molecule has 0 bridgehead atoms. The van der Waals surface area contributed by atoms with Crippen LogP contribution >= 0.6 is 0 Å². The summed E-state index contributed by atoms with van der Waals surface area (Å²) in [4.78, 5) is 25.1. The Bertz CT molecular complexity index is 1080. The summed E-state index contributed by atoms with van der Waals surface area (Å²) in [5, 5.41) is 45.2. The van der Waals surface area contributed by atoms with Gasteiger partial charge in [-0.3, -0.25) is 9.59 Å². The van der Waals surface area contributed by atoms with E-state index in [4.69, 9.17) is 4.74 Å². The molecule has 0 amide bonds. The highest BCUT2D eigenvalue weighted by Crippen LogP contribution is 2.74. The van der Waals surface area contributed by atoms with Gasteiger partial charge in [-0.2, -0.15) is 0 Å². The highest BCUT2D eigenvalue weighted by Gasteiger charge is 2.73. The van der Waals surface area contributed by atoms with Crippen LogP contribution in [0.4, 0.5) is 0 Å². The van der Waals surface area contributed by atoms with Crippen molar-refractivity contribution in [3.8, 4) is 0 Å². The zero-order valence-electron chi connectivity index (χ0n) is 24.9. The average Bonchev–Trinajstić information content (AvgIpc) is 2.83. The fourth-order valence-electron chi connectivity index (χ4n) is 11.2. The molecule has 7 nitrogen and oxygen atoms in total. The Morgan fingerprint density at radius 3 is 2.28 bits per heavy atom. The summed E-state index contributed by atoms with van der Waals surface area (Å²) < 4.78 is 5.66. The second-order valence-corrected chi connectivity index (χ2v) is 15.5. The van der Waals surface area contributed by atoms with Crippen LogP contribution in [0.25, 0.3) is 0 Å². The zero-order valence-corrected chi connectivity index (χ0v) is 24.9. The number of aliphatic carboxylic acids is 1. The minimum atomic E-state index is -1.17. The number of aliphatic hydroxyl groups excluding tert-OH is 2. The lowest BCUT2D eigenvalue weighted by atomic mass is 9.34. The maximum Gasteiger partial charge on any atom is 0.310 e. The SMILES string of the molecule is CC(=O)OC1CC2(C(=O)O)CC(C)C3(O)C(=CCC4C5(C)CCC(O)C(C)(C)C5CCC43C)C2CC1(C)CO. The lowest BCUT2D eigenvalue weighted by Crippen LogP contribution is -2.71. The van der Waals surface area contributed by atoms with Crippen molar-refractivity contribution in [1.82, 2.24) is 0 Å². The number of esters is 1. The van der Waals surface area contributed by atoms with E-state index in [-0.39, 0.29) is 41.8 Å². The molecule has 7 heteroatoms. The van der Waals surface area contributed by atoms with E-state index in [9.17, 15) is 30.0 Å². The number of rotatable bonds is 3. The Kier molecular flexibility index (Phi) is 6.54. The summed E-state index contributed by atoms with van der Waals surface area (Å²) in [5.74, 6) is -1.58. The lowest BCUT2D eigenvalue weighted by molar-refractivity contribution is -0.247. The minimum absolute atomic E-state index is 0.0405. The summed E-state index contributed by atoms with van der Waals surface area (Å²) in [6.45, 7) is 14.0. The maximum atomic E-state index is 13.1. The van der Waals surface area contributed by atoms with Gasteiger partial charge in [0, 0.05) is 24.2 Å². The van der Waals surface area contributed by atoms with Gasteiger partial charge in [0.1, 0.15) is 6.10 Å². The summed E-state index contributed by atoms with van der Waals surface area (Å²) in [6.07, 6.45) is 6.11. The lowest BCUT2D eigenvalue weighted by Gasteiger charge is -2.71. The molecule has 4 saturated carbocycles. The van der Waals surface area contributed by atoms with E-state index in [1.165, 1.54) is 6.92 Å². The molecule has 4 fully saturated rings. The molecule has 5 aliphatic carbocycles. The molecule has 5 aliphatic rings. The number of fused-ring (bicyclic) bond motifs is 7. The van der Waals surface area contributed by atoms with E-state index in [1.54, 1.807) is 0 Å². The van der Waals surface area contributed by atoms with Crippen molar-refractivity contribution in [3.05, 3.63) is 11.6 Å². The fraction of sp³-hybridized carbons (Fsp3) is 0.875. The molecule has 4 N–H and O–H groups in total. The van der Waals surface area contributed by atoms with Crippen LogP contribution in [0.5, 0.6) is 0 Å². The van der Waals surface area contributed by atoms with Gasteiger partial charge in [-0.05, 0) is 85.0 Å². The molecule has 11 atom stereocenters. The standard InChI is InChI=1S/C32H50O7/c1-18-14-31(26(36)37)16-25(39-19(2)34)28(5,17-33)15-21(31)20-8-9-23-29(6)12-11-24(35)27(3,4)22(29)10-13-30(23,7)32(18,20)38/h8,18,21-25,33,35,38H,9-17H2,1-7H3,(H,36,37). The Balaban J connectivity index is 1.63. The molecule has 0 aromatic carbocycles. The van der Waals surface area contributed by atoms with E-state index in [0.29, 0.717) is 18.8 Å². The predicted octanol–water partition coefficient (Wildman–Crippen LogP) is 4.72. The maximum absolute atomic E-state index is 13.1. The van der Waals surface area contributed by atoms with E-state index in [2.05, 4.69) is 33.8 Å². The van der Waals surface area contributed by atoms with Gasteiger partial charge < -0.3 is 25.2 Å². The minimum Gasteiger partial charge on any atom is -0.481 e. The normalized spacial score (nSPS) is 52.3. The third-order valence-electron chi connectivity index (χ3n) is 13.4. The van der Waals surface area contributed by atoms with Gasteiger partial charge in [-0.1, -0.05) is 47.6 Å². The Morgan fingerprint density at radius 2 is 1.69 bits per heavy atom. The highest BCUT2D eigenvalue weighted by atomic mass is 16.5. The number of carboxylic acids is 1. The largest absolute Gasteiger partial charge is 0.481 e. The molecule has 0 aliphatic heterocycles. The summed E-state index contributed by atoms with van der Waals surface area (Å²) >= 11 is 0. The second-order valence-electron chi connectivity index (χ2n) is 15.5. The number of ether oxygens (including phenoxy) is 1. The number of hydrogen-bond acceptors (Lipinski definition) is 6. The smallest absolute Gasteiger partial charge is 0.310 e. The van der Waals surface area contributed by atoms with Crippen LogP contribution in [0, 0.1) is 50.7 Å². The first kappa shape index (κ1) is 29.1. The third kappa shape index (κ3) is 3.57. The van der Waals surface area contributed by atoms with Crippen LogP contribution in [0.15, 0.2) is 11.6 Å². The van der Waals surface area contributed by atoms with Crippen molar-refractivity contribution in [2.75, 3.05) is 6.61 Å². The van der Waals surface area contributed by atoms with E-state index >= 15 is 0 Å². The Hall–Kier alpha value is -1.44. The fourth-order valence-corrected chi connectivity index (χ4v) is 11.2. The van der Waals surface area contributed by atoms with Gasteiger partial charge in [-0.15, -0.1) is 0 Å². The molecule has 11 unspecified atom stereocenters. The topological polar surface area (TPSA) is 124 Å². The molecular weight excluding hydrogens is 496 g/mol. The Labute approximate surface area is 233 Å². The van der Waals surface area contributed by atoms with Crippen molar-refractivity contribution >= 4 is 11.9 Å². The second kappa shape index (κ2) is 8.78. The predicted molar refractivity (Wildman–Crippen MR) is 146 cm³/mol. The summed E-state index contributed by atoms with van der Waals surface area (Å²) in [5.41, 5.74) is -2.99. The molecule has 0 saturated heterocycles. The van der Waals surface area contributed by atoms with Crippen LogP contribution in [-0.4, -0.2) is 56.8 Å². The Morgan fingerprint density at radius 1 is 1.03 bits per heavy atom. The van der Waals surface area contributed by atoms with Gasteiger partial charge in [0.15, 0.2) is 0 Å². The average molecular weight is 547 g/mol. The summed E-state index contributed by atoms with van der Waals surface area (Å²) in [7, 11) is 0. The molecule has 5 rings (SSSR count). The van der Waals surface area contributed by atoms with Crippen LogP contribution < -0.4 is 0 Å². The molecule has 0 spiro atoms. The number of carbonyl (C=O) groups is 2. The number of hydrogen-bond donors (Lipinski definition) is 4. The van der Waals surface area contributed by atoms with Gasteiger partial charge in [0.05, 0.1) is 23.7 Å². The molecular formula is C32H50O7. The first-order valence-corrected chi connectivity index (χ1v) is 15.1. The number of carbonyl (C=O) groups excluding carboxylic acids is 1. The molecule has 39 heavy (non-hydrogen) atoms.